The van der Waals surface area contributed by atoms with Crippen molar-refractivity contribution in [2.24, 2.45) is 0 Å². The largest absolute Gasteiger partial charge is 0.469 e. The van der Waals surface area contributed by atoms with E-state index in [1.807, 2.05) is 0 Å². The van der Waals surface area contributed by atoms with Gasteiger partial charge in [0.1, 0.15) is 0 Å². The topological polar surface area (TPSA) is 37.3 Å². The Labute approximate surface area is 131 Å². The number of rotatable bonds is 13. The summed E-state index contributed by atoms with van der Waals surface area (Å²) in [5.41, 5.74) is -1.36. The molecule has 0 amide bonds. The van der Waals surface area contributed by atoms with Gasteiger partial charge in [0.05, 0.1) is 0 Å². The van der Waals surface area contributed by atoms with Crippen LogP contribution in [-0.4, -0.2) is 10.5 Å². The van der Waals surface area contributed by atoms with Gasteiger partial charge in [-0.15, -0.1) is 0 Å². The van der Waals surface area contributed by atoms with E-state index in [0.717, 1.165) is 0 Å². The van der Waals surface area contributed by atoms with Crippen molar-refractivity contribution in [1.82, 2.24) is 0 Å². The molecule has 0 bridgehead atoms. The highest BCUT2D eigenvalue weighted by Crippen LogP contribution is 2.12. The summed E-state index contributed by atoms with van der Waals surface area (Å²) in [5.74, 6) is 0. The van der Waals surface area contributed by atoms with Gasteiger partial charge in [-0.1, -0.05) is 104 Å². The summed E-state index contributed by atoms with van der Waals surface area (Å²) in [6, 6.07) is 0. The van der Waals surface area contributed by atoms with Crippen molar-refractivity contribution < 1.29 is 9.90 Å². The average molecular weight is 307 g/mol. The maximum Gasteiger partial charge on any atom is 0.401 e. The Morgan fingerprint density at radius 1 is 0.650 bits per heavy atom. The highest BCUT2D eigenvalue weighted by molar-refractivity contribution is 6.60. The molecule has 2 nitrogen and oxygen atoms in total. The summed E-state index contributed by atoms with van der Waals surface area (Å²) in [6.45, 7) is 4.58. The van der Waals surface area contributed by atoms with Crippen LogP contribution < -0.4 is 0 Å². The first kappa shape index (κ1) is 22.0. The molecule has 0 rings (SSSR count). The van der Waals surface area contributed by atoms with Gasteiger partial charge in [0, 0.05) is 11.6 Å². The van der Waals surface area contributed by atoms with Gasteiger partial charge in [-0.2, -0.15) is 0 Å². The van der Waals surface area contributed by atoms with Gasteiger partial charge in [0.25, 0.3) is 0 Å². The lowest BCUT2D eigenvalue weighted by Crippen LogP contribution is -1.82. The SMILES string of the molecule is CCCCCCCCCCCCCCCC.O=C(O)Cl. The molecule has 0 saturated carbocycles. The van der Waals surface area contributed by atoms with Gasteiger partial charge < -0.3 is 5.11 Å². The number of hydrogen-bond donors (Lipinski definition) is 1. The molecular weight excluding hydrogens is 272 g/mol. The van der Waals surface area contributed by atoms with Crippen LogP contribution in [0.1, 0.15) is 104 Å². The molecule has 0 aromatic rings. The third kappa shape index (κ3) is 30.6. The molecule has 0 atom stereocenters. The molecule has 0 heterocycles. The minimum Gasteiger partial charge on any atom is -0.469 e. The summed E-state index contributed by atoms with van der Waals surface area (Å²) in [5, 5.41) is 7.18. The fraction of sp³-hybridized carbons (Fsp3) is 0.941. The van der Waals surface area contributed by atoms with Crippen molar-refractivity contribution in [3.05, 3.63) is 0 Å². The predicted molar refractivity (Wildman–Crippen MR) is 89.9 cm³/mol. The Hall–Kier alpha value is -0.240. The van der Waals surface area contributed by atoms with E-state index in [0.29, 0.717) is 0 Å². The van der Waals surface area contributed by atoms with Crippen LogP contribution in [0.15, 0.2) is 0 Å². The molecule has 3 heteroatoms. The summed E-state index contributed by atoms with van der Waals surface area (Å²) in [4.78, 5) is 8.77. The third-order valence-corrected chi connectivity index (χ3v) is 3.46. The first-order valence-electron chi connectivity index (χ1n) is 8.53. The van der Waals surface area contributed by atoms with E-state index in [4.69, 9.17) is 9.90 Å². The van der Waals surface area contributed by atoms with E-state index in [1.54, 1.807) is 0 Å². The number of carbonyl (C=O) groups is 1. The van der Waals surface area contributed by atoms with E-state index >= 15 is 0 Å². The normalized spacial score (nSPS) is 9.95. The predicted octanol–water partition coefficient (Wildman–Crippen LogP) is 7.39. The van der Waals surface area contributed by atoms with Crippen LogP contribution in [0.3, 0.4) is 0 Å². The Morgan fingerprint density at radius 3 is 0.950 bits per heavy atom. The summed E-state index contributed by atoms with van der Waals surface area (Å²) in [6.07, 6.45) is 20.4. The minimum absolute atomic E-state index is 1.36. The molecule has 0 saturated heterocycles. The van der Waals surface area contributed by atoms with E-state index in [2.05, 4.69) is 25.4 Å². The van der Waals surface area contributed by atoms with E-state index < -0.39 is 5.43 Å². The average Bonchev–Trinajstić information content (AvgIpc) is 2.39. The third-order valence-electron chi connectivity index (χ3n) is 3.46. The molecule has 20 heavy (non-hydrogen) atoms. The highest BCUT2D eigenvalue weighted by atomic mass is 35.5. The summed E-state index contributed by atoms with van der Waals surface area (Å²) in [7, 11) is 0. The van der Waals surface area contributed by atoms with Crippen LogP contribution in [0.2, 0.25) is 0 Å². The standard InChI is InChI=1S/C16H34.CHClO2/c1-3-5-7-9-11-13-15-16-14-12-10-8-6-4-2;2-1(3)4/h3-16H2,1-2H3;(H,3,4). The first-order chi connectivity index (χ1) is 9.65. The van der Waals surface area contributed by atoms with Crippen LogP contribution in [0.25, 0.3) is 0 Å². The van der Waals surface area contributed by atoms with Crippen molar-refractivity contribution in [3.8, 4) is 0 Å². The smallest absolute Gasteiger partial charge is 0.401 e. The lowest BCUT2D eigenvalue weighted by atomic mass is 10.0. The summed E-state index contributed by atoms with van der Waals surface area (Å²) >= 11 is 4.19. The first-order valence-corrected chi connectivity index (χ1v) is 8.91. The molecule has 0 radical (unpaired) electrons. The second-order valence-corrected chi connectivity index (χ2v) is 5.82. The Balaban J connectivity index is 0. The summed E-state index contributed by atoms with van der Waals surface area (Å²) < 4.78 is 0. The number of hydrogen-bond acceptors (Lipinski definition) is 1. The van der Waals surface area contributed by atoms with Crippen molar-refractivity contribution >= 4 is 17.0 Å². The molecule has 0 fully saturated rings. The Morgan fingerprint density at radius 2 is 0.800 bits per heavy atom. The van der Waals surface area contributed by atoms with Gasteiger partial charge in [-0.05, 0) is 0 Å². The number of unbranched alkanes of at least 4 members (excludes halogenated alkanes) is 13. The lowest BCUT2D eigenvalue weighted by molar-refractivity contribution is 0.220. The molecular formula is C17H35ClO2. The van der Waals surface area contributed by atoms with E-state index in [1.165, 1.54) is 89.9 Å². The van der Waals surface area contributed by atoms with Crippen molar-refractivity contribution in [2.45, 2.75) is 104 Å². The second-order valence-electron chi connectivity index (χ2n) is 5.50. The molecule has 0 aliphatic rings. The molecule has 0 aliphatic carbocycles. The Bertz CT molecular complexity index is 166. The van der Waals surface area contributed by atoms with Gasteiger partial charge in [0.15, 0.2) is 0 Å². The maximum absolute atomic E-state index is 8.77. The number of carboxylic acid groups (broad SMARTS) is 1. The van der Waals surface area contributed by atoms with Gasteiger partial charge >= 0.3 is 5.43 Å². The van der Waals surface area contributed by atoms with Gasteiger partial charge in [0.2, 0.25) is 0 Å². The minimum atomic E-state index is -1.36. The van der Waals surface area contributed by atoms with Crippen molar-refractivity contribution in [1.29, 1.82) is 0 Å². The zero-order valence-electron chi connectivity index (χ0n) is 13.6. The number of halogens is 1. The Kier molecular flexibility index (Phi) is 23.2. The maximum atomic E-state index is 8.77. The van der Waals surface area contributed by atoms with Crippen LogP contribution in [0.5, 0.6) is 0 Å². The van der Waals surface area contributed by atoms with Crippen molar-refractivity contribution in [2.75, 3.05) is 0 Å². The van der Waals surface area contributed by atoms with Crippen LogP contribution >= 0.6 is 11.6 Å². The molecule has 0 aromatic carbocycles. The van der Waals surface area contributed by atoms with Gasteiger partial charge in [-0.25, -0.2) is 4.79 Å². The highest BCUT2D eigenvalue weighted by Gasteiger charge is 1.92. The fourth-order valence-electron chi connectivity index (χ4n) is 2.27. The molecule has 0 unspecified atom stereocenters. The van der Waals surface area contributed by atoms with E-state index in [9.17, 15) is 0 Å². The molecule has 0 spiro atoms. The molecule has 0 aliphatic heterocycles. The van der Waals surface area contributed by atoms with Crippen LogP contribution in [0, 0.1) is 0 Å². The molecule has 1 N–H and O–H groups in total. The molecule has 0 aromatic heterocycles. The molecule has 122 valence electrons. The van der Waals surface area contributed by atoms with Crippen molar-refractivity contribution in [3.63, 3.8) is 0 Å². The van der Waals surface area contributed by atoms with E-state index in [-0.39, 0.29) is 0 Å². The van der Waals surface area contributed by atoms with Gasteiger partial charge in [-0.3, -0.25) is 0 Å². The van der Waals surface area contributed by atoms with Crippen LogP contribution in [-0.2, 0) is 0 Å². The fourth-order valence-corrected chi connectivity index (χ4v) is 2.27. The van der Waals surface area contributed by atoms with Crippen LogP contribution in [0.4, 0.5) is 4.79 Å². The second kappa shape index (κ2) is 21.1. The zero-order chi connectivity index (χ0) is 15.5. The monoisotopic (exact) mass is 306 g/mol. The zero-order valence-corrected chi connectivity index (χ0v) is 14.4. The lowest BCUT2D eigenvalue weighted by Gasteiger charge is -2.02. The quantitative estimate of drug-likeness (QED) is 0.284.